The molecule has 2 aliphatic heterocycles. The third-order valence-electron chi connectivity index (χ3n) is 5.35. The van der Waals surface area contributed by atoms with Crippen molar-refractivity contribution >= 4 is 11.8 Å². The number of hydrogen-bond donors (Lipinski definition) is 1. The first-order valence-electron chi connectivity index (χ1n) is 9.10. The number of nitrogens with one attached hydrogen (secondary N) is 1. The Morgan fingerprint density at radius 3 is 2.71 bits per heavy atom. The Morgan fingerprint density at radius 1 is 1.29 bits per heavy atom. The summed E-state index contributed by atoms with van der Waals surface area (Å²) in [5.41, 5.74) is 0.262. The van der Waals surface area contributed by atoms with Gasteiger partial charge in [0.15, 0.2) is 0 Å². The standard InChI is InChI=1S/C18H35NOS/c1-4-10-19-17(15(2)3)6-5-16-7-11-20-18(14-16)8-12-21-13-9-18/h15-17,19H,4-14H2,1-3H3. The molecule has 1 N–H and O–H groups in total. The smallest absolute Gasteiger partial charge is 0.0700 e. The van der Waals surface area contributed by atoms with Crippen LogP contribution in [-0.4, -0.2) is 36.3 Å². The van der Waals surface area contributed by atoms with Crippen LogP contribution in [0.25, 0.3) is 0 Å². The van der Waals surface area contributed by atoms with Gasteiger partial charge in [-0.3, -0.25) is 0 Å². The summed E-state index contributed by atoms with van der Waals surface area (Å²) in [6.45, 7) is 9.14. The van der Waals surface area contributed by atoms with E-state index in [1.807, 2.05) is 0 Å². The Balaban J connectivity index is 1.78. The molecule has 2 heterocycles. The van der Waals surface area contributed by atoms with Crippen LogP contribution in [0, 0.1) is 11.8 Å². The molecule has 0 aromatic heterocycles. The topological polar surface area (TPSA) is 21.3 Å². The normalized spacial score (nSPS) is 27.1. The zero-order chi connectivity index (χ0) is 15.1. The van der Waals surface area contributed by atoms with Crippen molar-refractivity contribution in [2.75, 3.05) is 24.7 Å². The third-order valence-corrected chi connectivity index (χ3v) is 6.33. The van der Waals surface area contributed by atoms with Crippen LogP contribution in [0.5, 0.6) is 0 Å². The molecule has 21 heavy (non-hydrogen) atoms. The van der Waals surface area contributed by atoms with Gasteiger partial charge < -0.3 is 10.1 Å². The highest BCUT2D eigenvalue weighted by Gasteiger charge is 2.38. The van der Waals surface area contributed by atoms with Gasteiger partial charge in [-0.15, -0.1) is 0 Å². The average Bonchev–Trinajstić information content (AvgIpc) is 2.48. The molecule has 2 nitrogen and oxygen atoms in total. The monoisotopic (exact) mass is 313 g/mol. The largest absolute Gasteiger partial charge is 0.375 e. The van der Waals surface area contributed by atoms with Crippen molar-refractivity contribution in [2.24, 2.45) is 11.8 Å². The van der Waals surface area contributed by atoms with E-state index in [0.717, 1.165) is 25.0 Å². The van der Waals surface area contributed by atoms with Crippen LogP contribution in [0.1, 0.15) is 65.7 Å². The number of thioether (sulfide) groups is 1. The second kappa shape index (κ2) is 8.79. The van der Waals surface area contributed by atoms with E-state index in [1.165, 1.54) is 56.5 Å². The van der Waals surface area contributed by atoms with Crippen LogP contribution in [0.4, 0.5) is 0 Å². The molecule has 2 unspecified atom stereocenters. The minimum absolute atomic E-state index is 0.262. The van der Waals surface area contributed by atoms with Crippen LogP contribution in [0.3, 0.4) is 0 Å². The molecule has 0 saturated carbocycles. The number of rotatable bonds is 7. The van der Waals surface area contributed by atoms with Crippen molar-refractivity contribution in [2.45, 2.75) is 77.4 Å². The second-order valence-corrected chi connectivity index (χ2v) is 8.61. The fourth-order valence-electron chi connectivity index (χ4n) is 3.88. The summed E-state index contributed by atoms with van der Waals surface area (Å²) in [5, 5.41) is 3.74. The lowest BCUT2D eigenvalue weighted by atomic mass is 9.79. The lowest BCUT2D eigenvalue weighted by Gasteiger charge is -2.43. The van der Waals surface area contributed by atoms with Crippen LogP contribution >= 0.6 is 11.8 Å². The molecule has 0 aliphatic carbocycles. The predicted molar refractivity (Wildman–Crippen MR) is 94.1 cm³/mol. The summed E-state index contributed by atoms with van der Waals surface area (Å²) >= 11 is 2.10. The average molecular weight is 314 g/mol. The third kappa shape index (κ3) is 5.44. The van der Waals surface area contributed by atoms with E-state index in [-0.39, 0.29) is 5.60 Å². The fraction of sp³-hybridized carbons (Fsp3) is 1.00. The molecule has 2 rings (SSSR count). The van der Waals surface area contributed by atoms with Crippen molar-refractivity contribution < 1.29 is 4.74 Å². The van der Waals surface area contributed by atoms with Crippen LogP contribution in [0.15, 0.2) is 0 Å². The minimum atomic E-state index is 0.262. The van der Waals surface area contributed by atoms with Crippen molar-refractivity contribution in [3.05, 3.63) is 0 Å². The van der Waals surface area contributed by atoms with Gasteiger partial charge in [0.1, 0.15) is 0 Å². The molecule has 2 atom stereocenters. The molecule has 3 heteroatoms. The molecule has 0 aromatic carbocycles. The zero-order valence-electron chi connectivity index (χ0n) is 14.3. The molecule has 124 valence electrons. The van der Waals surface area contributed by atoms with E-state index in [0.29, 0.717) is 6.04 Å². The van der Waals surface area contributed by atoms with Gasteiger partial charge in [0.25, 0.3) is 0 Å². The van der Waals surface area contributed by atoms with Gasteiger partial charge in [0.2, 0.25) is 0 Å². The number of hydrogen-bond acceptors (Lipinski definition) is 3. The Hall–Kier alpha value is 0.270. The highest BCUT2D eigenvalue weighted by Crippen LogP contribution is 2.41. The summed E-state index contributed by atoms with van der Waals surface area (Å²) in [6, 6.07) is 0.700. The summed E-state index contributed by atoms with van der Waals surface area (Å²) in [6.07, 6.45) is 9.15. The Morgan fingerprint density at radius 2 is 2.05 bits per heavy atom. The van der Waals surface area contributed by atoms with Crippen LogP contribution in [0.2, 0.25) is 0 Å². The maximum absolute atomic E-state index is 6.23. The highest BCUT2D eigenvalue weighted by molar-refractivity contribution is 7.99. The van der Waals surface area contributed by atoms with E-state index < -0.39 is 0 Å². The van der Waals surface area contributed by atoms with E-state index in [1.54, 1.807) is 0 Å². The number of ether oxygens (including phenoxy) is 1. The van der Waals surface area contributed by atoms with E-state index >= 15 is 0 Å². The van der Waals surface area contributed by atoms with Crippen molar-refractivity contribution in [1.82, 2.24) is 5.32 Å². The van der Waals surface area contributed by atoms with Gasteiger partial charge in [0, 0.05) is 12.6 Å². The fourth-order valence-corrected chi connectivity index (χ4v) is 5.12. The molecular formula is C18H35NOS. The predicted octanol–water partition coefficient (Wildman–Crippen LogP) is 4.48. The lowest BCUT2D eigenvalue weighted by Crippen LogP contribution is -2.43. The van der Waals surface area contributed by atoms with Gasteiger partial charge in [-0.05, 0) is 74.8 Å². The summed E-state index contributed by atoms with van der Waals surface area (Å²) in [4.78, 5) is 0. The lowest BCUT2D eigenvalue weighted by molar-refractivity contribution is -0.103. The summed E-state index contributed by atoms with van der Waals surface area (Å²) in [7, 11) is 0. The van der Waals surface area contributed by atoms with Gasteiger partial charge in [-0.25, -0.2) is 0 Å². The quantitative estimate of drug-likeness (QED) is 0.748. The van der Waals surface area contributed by atoms with Crippen LogP contribution in [-0.2, 0) is 4.74 Å². The first kappa shape index (κ1) is 17.6. The van der Waals surface area contributed by atoms with Crippen LogP contribution < -0.4 is 5.32 Å². The molecular weight excluding hydrogens is 278 g/mol. The minimum Gasteiger partial charge on any atom is -0.375 e. The first-order chi connectivity index (χ1) is 10.2. The van der Waals surface area contributed by atoms with Crippen molar-refractivity contribution in [3.8, 4) is 0 Å². The summed E-state index contributed by atoms with van der Waals surface area (Å²) < 4.78 is 6.23. The second-order valence-electron chi connectivity index (χ2n) is 7.38. The molecule has 2 aliphatic rings. The maximum Gasteiger partial charge on any atom is 0.0700 e. The maximum atomic E-state index is 6.23. The summed E-state index contributed by atoms with van der Waals surface area (Å²) in [5.74, 6) is 4.25. The molecule has 0 radical (unpaired) electrons. The van der Waals surface area contributed by atoms with Gasteiger partial charge in [0.05, 0.1) is 5.60 Å². The van der Waals surface area contributed by atoms with E-state index in [2.05, 4.69) is 37.8 Å². The Labute approximate surface area is 136 Å². The van der Waals surface area contributed by atoms with Gasteiger partial charge in [-0.1, -0.05) is 20.8 Å². The van der Waals surface area contributed by atoms with E-state index in [4.69, 9.17) is 4.74 Å². The highest BCUT2D eigenvalue weighted by atomic mass is 32.2. The van der Waals surface area contributed by atoms with Gasteiger partial charge in [-0.2, -0.15) is 11.8 Å². The van der Waals surface area contributed by atoms with Crippen molar-refractivity contribution in [1.29, 1.82) is 0 Å². The molecule has 2 fully saturated rings. The molecule has 0 bridgehead atoms. The molecule has 1 spiro atoms. The molecule has 0 amide bonds. The zero-order valence-corrected chi connectivity index (χ0v) is 15.1. The SMILES string of the molecule is CCCNC(CCC1CCOC2(CCSCC2)C1)C(C)C. The Kier molecular flexibility index (Phi) is 7.37. The van der Waals surface area contributed by atoms with E-state index in [9.17, 15) is 0 Å². The molecule has 0 aromatic rings. The van der Waals surface area contributed by atoms with Gasteiger partial charge >= 0.3 is 0 Å². The first-order valence-corrected chi connectivity index (χ1v) is 10.3. The Bertz CT molecular complexity index is 283. The molecule has 2 saturated heterocycles. The van der Waals surface area contributed by atoms with Crippen molar-refractivity contribution in [3.63, 3.8) is 0 Å².